The molecule has 0 N–H and O–H groups in total. The number of thiophene rings is 1. The number of rotatable bonds is 18. The molecule has 1 aromatic heterocycles. The molecule has 0 saturated carbocycles. The minimum atomic E-state index is 0.212. The molecule has 154 valence electrons. The van der Waals surface area contributed by atoms with Crippen molar-refractivity contribution in [1.29, 1.82) is 0 Å². The predicted molar refractivity (Wildman–Crippen MR) is 118 cm³/mol. The summed E-state index contributed by atoms with van der Waals surface area (Å²) in [6.45, 7) is 4.46. The van der Waals surface area contributed by atoms with Crippen LogP contribution in [0.2, 0.25) is 0 Å². The second kappa shape index (κ2) is 16.0. The molecule has 0 aromatic carbocycles. The lowest BCUT2D eigenvalue weighted by atomic mass is 10.1. The summed E-state index contributed by atoms with van der Waals surface area (Å²) < 4.78 is 0. The molecule has 2 nitrogen and oxygen atoms in total. The van der Waals surface area contributed by atoms with Crippen LogP contribution in [0.5, 0.6) is 0 Å². The van der Waals surface area contributed by atoms with Crippen molar-refractivity contribution in [3.05, 3.63) is 21.9 Å². The Morgan fingerprint density at radius 2 is 0.926 bits per heavy atom. The van der Waals surface area contributed by atoms with Crippen LogP contribution in [0.15, 0.2) is 12.1 Å². The number of unbranched alkanes of at least 4 members (excludes halogenated alkanes) is 12. The minimum Gasteiger partial charge on any atom is -0.293 e. The fraction of sp³-hybridized carbons (Fsp3) is 0.750. The maximum Gasteiger partial charge on any atom is 0.172 e. The maximum absolute atomic E-state index is 12.3. The van der Waals surface area contributed by atoms with E-state index in [2.05, 4.69) is 13.8 Å². The van der Waals surface area contributed by atoms with E-state index in [4.69, 9.17) is 0 Å². The first-order valence-electron chi connectivity index (χ1n) is 11.3. The van der Waals surface area contributed by atoms with Gasteiger partial charge in [-0.05, 0) is 25.0 Å². The third-order valence-electron chi connectivity index (χ3n) is 5.17. The number of carbonyl (C=O) groups is 2. The van der Waals surface area contributed by atoms with Gasteiger partial charge >= 0.3 is 0 Å². The van der Waals surface area contributed by atoms with Gasteiger partial charge in [-0.2, -0.15) is 0 Å². The number of hydrogen-bond acceptors (Lipinski definition) is 3. The third kappa shape index (κ3) is 11.5. The molecule has 0 amide bonds. The molecule has 0 radical (unpaired) electrons. The summed E-state index contributed by atoms with van der Waals surface area (Å²) in [7, 11) is 0. The molecule has 1 aromatic rings. The van der Waals surface area contributed by atoms with Crippen molar-refractivity contribution in [2.24, 2.45) is 0 Å². The van der Waals surface area contributed by atoms with Crippen LogP contribution in [0, 0.1) is 0 Å². The maximum atomic E-state index is 12.3. The van der Waals surface area contributed by atoms with Gasteiger partial charge in [-0.1, -0.05) is 90.9 Å². The highest BCUT2D eigenvalue weighted by Crippen LogP contribution is 2.22. The third-order valence-corrected chi connectivity index (χ3v) is 6.34. The fourth-order valence-corrected chi connectivity index (χ4v) is 4.31. The second-order valence-corrected chi connectivity index (χ2v) is 8.84. The average Bonchev–Trinajstić information content (AvgIpc) is 3.16. The first-order valence-corrected chi connectivity index (χ1v) is 12.2. The van der Waals surface area contributed by atoms with E-state index in [0.29, 0.717) is 12.8 Å². The Balaban J connectivity index is 2.17. The van der Waals surface area contributed by atoms with E-state index in [1.807, 2.05) is 12.1 Å². The lowest BCUT2D eigenvalue weighted by molar-refractivity contribution is 0.0976. The molecule has 0 unspecified atom stereocenters. The van der Waals surface area contributed by atoms with E-state index in [0.717, 1.165) is 35.4 Å². The van der Waals surface area contributed by atoms with Crippen molar-refractivity contribution in [3.63, 3.8) is 0 Å². The highest BCUT2D eigenvalue weighted by molar-refractivity contribution is 7.16. The summed E-state index contributed by atoms with van der Waals surface area (Å²) in [4.78, 5) is 26.1. The number of Topliss-reactive ketones (excluding diaryl/α,β-unsaturated/α-hetero) is 2. The van der Waals surface area contributed by atoms with Gasteiger partial charge in [-0.25, -0.2) is 0 Å². The van der Waals surface area contributed by atoms with Gasteiger partial charge in [0.05, 0.1) is 9.75 Å². The summed E-state index contributed by atoms with van der Waals surface area (Å²) in [5.74, 6) is 0.423. The van der Waals surface area contributed by atoms with Crippen molar-refractivity contribution < 1.29 is 9.59 Å². The van der Waals surface area contributed by atoms with Crippen molar-refractivity contribution in [1.82, 2.24) is 0 Å². The van der Waals surface area contributed by atoms with Gasteiger partial charge in [0.2, 0.25) is 0 Å². The smallest absolute Gasteiger partial charge is 0.172 e. The van der Waals surface area contributed by atoms with Crippen LogP contribution >= 0.6 is 11.3 Å². The fourth-order valence-electron chi connectivity index (χ4n) is 3.37. The minimum absolute atomic E-state index is 0.212. The van der Waals surface area contributed by atoms with Crippen LogP contribution < -0.4 is 0 Å². The summed E-state index contributed by atoms with van der Waals surface area (Å²) in [6.07, 6.45) is 18.4. The Bertz CT molecular complexity index is 474. The predicted octanol–water partition coefficient (Wildman–Crippen LogP) is 8.39. The van der Waals surface area contributed by atoms with Crippen LogP contribution in [0.25, 0.3) is 0 Å². The van der Waals surface area contributed by atoms with Gasteiger partial charge in [0.15, 0.2) is 11.6 Å². The first kappa shape index (κ1) is 24.1. The Labute approximate surface area is 171 Å². The van der Waals surface area contributed by atoms with Crippen LogP contribution in [0.3, 0.4) is 0 Å². The Kier molecular flexibility index (Phi) is 14.3. The molecule has 3 heteroatoms. The van der Waals surface area contributed by atoms with Gasteiger partial charge in [0.25, 0.3) is 0 Å². The van der Waals surface area contributed by atoms with Crippen LogP contribution in [-0.2, 0) is 0 Å². The standard InChI is InChI=1S/C24H40O2S/c1-3-5-7-9-11-13-15-17-21(25)23-19-20-24(27-23)22(26)18-16-14-12-10-8-6-4-2/h19-20H,3-18H2,1-2H3. The number of ketones is 2. The van der Waals surface area contributed by atoms with E-state index < -0.39 is 0 Å². The summed E-state index contributed by atoms with van der Waals surface area (Å²) in [5, 5.41) is 0. The van der Waals surface area contributed by atoms with Gasteiger partial charge in [0, 0.05) is 12.8 Å². The Morgan fingerprint density at radius 3 is 1.30 bits per heavy atom. The van der Waals surface area contributed by atoms with Gasteiger partial charge in [-0.15, -0.1) is 11.3 Å². The number of carbonyl (C=O) groups excluding carboxylic acids is 2. The molecule has 0 aliphatic heterocycles. The molecular formula is C24H40O2S. The monoisotopic (exact) mass is 392 g/mol. The largest absolute Gasteiger partial charge is 0.293 e. The van der Waals surface area contributed by atoms with Crippen molar-refractivity contribution >= 4 is 22.9 Å². The zero-order chi connectivity index (χ0) is 19.7. The van der Waals surface area contributed by atoms with Crippen molar-refractivity contribution in [3.8, 4) is 0 Å². The van der Waals surface area contributed by atoms with Crippen LogP contribution in [0.1, 0.15) is 136 Å². The van der Waals surface area contributed by atoms with Gasteiger partial charge in [0.1, 0.15) is 0 Å². The van der Waals surface area contributed by atoms with Gasteiger partial charge in [-0.3, -0.25) is 9.59 Å². The zero-order valence-electron chi connectivity index (χ0n) is 17.7. The summed E-state index contributed by atoms with van der Waals surface area (Å²) >= 11 is 1.40. The zero-order valence-corrected chi connectivity index (χ0v) is 18.5. The molecule has 1 heterocycles. The molecule has 0 aliphatic rings. The first-order chi connectivity index (χ1) is 13.2. The van der Waals surface area contributed by atoms with E-state index in [9.17, 15) is 9.59 Å². The van der Waals surface area contributed by atoms with Crippen LogP contribution in [0.4, 0.5) is 0 Å². The molecule has 0 spiro atoms. The lowest BCUT2D eigenvalue weighted by Crippen LogP contribution is -1.97. The van der Waals surface area contributed by atoms with Crippen molar-refractivity contribution in [2.75, 3.05) is 0 Å². The SMILES string of the molecule is CCCCCCCCCC(=O)c1ccc(C(=O)CCCCCCCCC)s1. The van der Waals surface area contributed by atoms with E-state index >= 15 is 0 Å². The van der Waals surface area contributed by atoms with Crippen molar-refractivity contribution in [2.45, 2.75) is 117 Å². The van der Waals surface area contributed by atoms with E-state index in [1.165, 1.54) is 75.5 Å². The Morgan fingerprint density at radius 1 is 0.593 bits per heavy atom. The topological polar surface area (TPSA) is 34.1 Å². The molecule has 27 heavy (non-hydrogen) atoms. The normalized spacial score (nSPS) is 11.0. The molecule has 0 saturated heterocycles. The highest BCUT2D eigenvalue weighted by atomic mass is 32.1. The van der Waals surface area contributed by atoms with Crippen LogP contribution in [-0.4, -0.2) is 11.6 Å². The number of hydrogen-bond donors (Lipinski definition) is 0. The quantitative estimate of drug-likeness (QED) is 0.186. The van der Waals surface area contributed by atoms with E-state index in [-0.39, 0.29) is 11.6 Å². The van der Waals surface area contributed by atoms with E-state index in [1.54, 1.807) is 0 Å². The molecule has 1 rings (SSSR count). The highest BCUT2D eigenvalue weighted by Gasteiger charge is 2.13. The molecule has 0 fully saturated rings. The van der Waals surface area contributed by atoms with Gasteiger partial charge < -0.3 is 0 Å². The molecule has 0 atom stereocenters. The average molecular weight is 393 g/mol. The molecule has 0 bridgehead atoms. The summed E-state index contributed by atoms with van der Waals surface area (Å²) in [6, 6.07) is 3.71. The Hall–Kier alpha value is -0.960. The lowest BCUT2D eigenvalue weighted by Gasteiger charge is -2.01. The molecule has 0 aliphatic carbocycles. The molecular weight excluding hydrogens is 352 g/mol. The summed E-state index contributed by atoms with van der Waals surface area (Å²) in [5.41, 5.74) is 0. The second-order valence-electron chi connectivity index (χ2n) is 7.75.